The number of rotatable bonds is 6. The molecule has 0 aliphatic carbocycles. The first-order valence-corrected chi connectivity index (χ1v) is 7.97. The normalized spacial score (nSPS) is 11.0. The number of hydrogen-bond acceptors (Lipinski definition) is 3. The summed E-state index contributed by atoms with van der Waals surface area (Å²) in [5, 5.41) is 2.50. The Kier molecular flexibility index (Phi) is 5.74. The van der Waals surface area contributed by atoms with Crippen molar-refractivity contribution in [2.75, 3.05) is 11.9 Å². The van der Waals surface area contributed by atoms with Crippen molar-refractivity contribution in [2.24, 2.45) is 0 Å². The van der Waals surface area contributed by atoms with E-state index in [0.717, 1.165) is 5.56 Å². The van der Waals surface area contributed by atoms with Crippen LogP contribution in [-0.4, -0.2) is 19.0 Å². The molecule has 2 aromatic carbocycles. The fourth-order valence-corrected chi connectivity index (χ4v) is 2.36. The number of carbonyl (C=O) groups is 2. The number of carbonyl (C=O) groups excluding carboxylic acids is 2. The van der Waals surface area contributed by atoms with Crippen molar-refractivity contribution in [2.45, 2.75) is 32.6 Å². The zero-order chi connectivity index (χ0) is 17.6. The molecule has 0 aromatic heterocycles. The average molecular weight is 325 g/mol. The molecule has 0 aliphatic heterocycles. The van der Waals surface area contributed by atoms with E-state index in [9.17, 15) is 9.59 Å². The van der Waals surface area contributed by atoms with Gasteiger partial charge in [0.1, 0.15) is 0 Å². The first kappa shape index (κ1) is 17.7. The van der Waals surface area contributed by atoms with Crippen molar-refractivity contribution in [3.05, 3.63) is 65.2 Å². The number of esters is 1. The highest BCUT2D eigenvalue weighted by molar-refractivity contribution is 5.97. The predicted octanol–water partition coefficient (Wildman–Crippen LogP) is 3.95. The lowest BCUT2D eigenvalue weighted by molar-refractivity contribution is -0.105. The van der Waals surface area contributed by atoms with Gasteiger partial charge in [-0.05, 0) is 28.7 Å². The monoisotopic (exact) mass is 325 g/mol. The molecule has 126 valence electrons. The molecule has 0 saturated heterocycles. The molecule has 4 heteroatoms. The van der Waals surface area contributed by atoms with Crippen LogP contribution in [0.4, 0.5) is 5.69 Å². The second-order valence-corrected chi connectivity index (χ2v) is 6.64. The first-order valence-electron chi connectivity index (χ1n) is 7.97. The summed E-state index contributed by atoms with van der Waals surface area (Å²) in [7, 11) is 0. The summed E-state index contributed by atoms with van der Waals surface area (Å²) < 4.78 is 5.32. The Balaban J connectivity index is 1.92. The van der Waals surface area contributed by atoms with Crippen LogP contribution in [0.5, 0.6) is 0 Å². The standard InChI is InChI=1S/C20H23NO3/c1-20(2,3)16-10-8-15(9-11-16)12-13-24-19(23)17-6-4-5-7-18(17)21-14-22/h4-11,14H,12-13H2,1-3H3,(H,21,22). The van der Waals surface area contributed by atoms with Crippen LogP contribution in [0.25, 0.3) is 0 Å². The van der Waals surface area contributed by atoms with Crippen LogP contribution >= 0.6 is 0 Å². The van der Waals surface area contributed by atoms with E-state index in [0.29, 0.717) is 30.7 Å². The van der Waals surface area contributed by atoms with E-state index in [1.54, 1.807) is 24.3 Å². The van der Waals surface area contributed by atoms with Gasteiger partial charge in [-0.2, -0.15) is 0 Å². The second-order valence-electron chi connectivity index (χ2n) is 6.64. The van der Waals surface area contributed by atoms with Gasteiger partial charge >= 0.3 is 5.97 Å². The number of amides is 1. The second kappa shape index (κ2) is 7.77. The molecule has 1 N–H and O–H groups in total. The Labute approximate surface area is 142 Å². The van der Waals surface area contributed by atoms with Gasteiger partial charge in [-0.3, -0.25) is 4.79 Å². The first-order chi connectivity index (χ1) is 11.4. The van der Waals surface area contributed by atoms with Gasteiger partial charge in [0.25, 0.3) is 0 Å². The smallest absolute Gasteiger partial charge is 0.340 e. The third-order valence-electron chi connectivity index (χ3n) is 3.81. The minimum atomic E-state index is -0.439. The molecule has 0 spiro atoms. The minimum Gasteiger partial charge on any atom is -0.462 e. The summed E-state index contributed by atoms with van der Waals surface area (Å²) in [6.07, 6.45) is 1.20. The van der Waals surface area contributed by atoms with E-state index in [1.165, 1.54) is 5.56 Å². The third-order valence-corrected chi connectivity index (χ3v) is 3.81. The van der Waals surface area contributed by atoms with E-state index >= 15 is 0 Å². The van der Waals surface area contributed by atoms with Gasteiger partial charge in [0.15, 0.2) is 0 Å². The van der Waals surface area contributed by atoms with Crippen molar-refractivity contribution in [1.29, 1.82) is 0 Å². The lowest BCUT2D eigenvalue weighted by Crippen LogP contribution is -2.12. The molecule has 0 fully saturated rings. The van der Waals surface area contributed by atoms with E-state index < -0.39 is 5.97 Å². The number of ether oxygens (including phenoxy) is 1. The fraction of sp³-hybridized carbons (Fsp3) is 0.300. The van der Waals surface area contributed by atoms with E-state index in [1.807, 2.05) is 0 Å². The van der Waals surface area contributed by atoms with Gasteiger partial charge in [-0.1, -0.05) is 57.2 Å². The molecule has 0 unspecified atom stereocenters. The van der Waals surface area contributed by atoms with Gasteiger partial charge in [-0.15, -0.1) is 0 Å². The molecule has 0 saturated carbocycles. The zero-order valence-corrected chi connectivity index (χ0v) is 14.3. The fourth-order valence-electron chi connectivity index (χ4n) is 2.36. The molecule has 0 heterocycles. The predicted molar refractivity (Wildman–Crippen MR) is 95.3 cm³/mol. The maximum atomic E-state index is 12.1. The van der Waals surface area contributed by atoms with Crippen molar-refractivity contribution in [3.8, 4) is 0 Å². The maximum Gasteiger partial charge on any atom is 0.340 e. The number of benzene rings is 2. The Bertz CT molecular complexity index is 700. The Morgan fingerprint density at radius 2 is 1.75 bits per heavy atom. The number of anilines is 1. The number of hydrogen-bond donors (Lipinski definition) is 1. The van der Waals surface area contributed by atoms with E-state index in [2.05, 4.69) is 50.4 Å². The highest BCUT2D eigenvalue weighted by Gasteiger charge is 2.14. The largest absolute Gasteiger partial charge is 0.462 e. The molecular weight excluding hydrogens is 302 g/mol. The number of nitrogens with one attached hydrogen (secondary N) is 1. The quantitative estimate of drug-likeness (QED) is 0.646. The van der Waals surface area contributed by atoms with Crippen LogP contribution in [0.1, 0.15) is 42.3 Å². The van der Waals surface area contributed by atoms with Gasteiger partial charge in [-0.25, -0.2) is 4.79 Å². The lowest BCUT2D eigenvalue weighted by atomic mass is 9.86. The third kappa shape index (κ3) is 4.69. The maximum absolute atomic E-state index is 12.1. The minimum absolute atomic E-state index is 0.125. The summed E-state index contributed by atoms with van der Waals surface area (Å²) in [6, 6.07) is 15.1. The van der Waals surface area contributed by atoms with E-state index in [4.69, 9.17) is 4.74 Å². The molecule has 2 rings (SSSR count). The van der Waals surface area contributed by atoms with Crippen LogP contribution in [0, 0.1) is 0 Å². The van der Waals surface area contributed by atoms with Crippen molar-refractivity contribution < 1.29 is 14.3 Å². The molecule has 0 atom stereocenters. The highest BCUT2D eigenvalue weighted by Crippen LogP contribution is 2.22. The Morgan fingerprint density at radius 3 is 2.38 bits per heavy atom. The summed E-state index contributed by atoms with van der Waals surface area (Å²) in [6.45, 7) is 6.82. The summed E-state index contributed by atoms with van der Waals surface area (Å²) in [5.41, 5.74) is 3.33. The number of para-hydroxylation sites is 1. The summed E-state index contributed by atoms with van der Waals surface area (Å²) in [4.78, 5) is 22.7. The van der Waals surface area contributed by atoms with Crippen molar-refractivity contribution in [3.63, 3.8) is 0 Å². The molecule has 0 aliphatic rings. The molecule has 2 aromatic rings. The molecule has 1 amide bonds. The van der Waals surface area contributed by atoms with Gasteiger partial charge in [0, 0.05) is 6.42 Å². The summed E-state index contributed by atoms with van der Waals surface area (Å²) in [5.74, 6) is -0.439. The van der Waals surface area contributed by atoms with Gasteiger partial charge in [0.2, 0.25) is 6.41 Å². The van der Waals surface area contributed by atoms with Crippen LogP contribution in [0.2, 0.25) is 0 Å². The van der Waals surface area contributed by atoms with Crippen LogP contribution in [-0.2, 0) is 21.4 Å². The van der Waals surface area contributed by atoms with Crippen molar-refractivity contribution >= 4 is 18.1 Å². The summed E-state index contributed by atoms with van der Waals surface area (Å²) >= 11 is 0. The Morgan fingerprint density at radius 1 is 1.08 bits per heavy atom. The molecule has 0 bridgehead atoms. The van der Waals surface area contributed by atoms with Gasteiger partial charge < -0.3 is 10.1 Å². The van der Waals surface area contributed by atoms with E-state index in [-0.39, 0.29) is 5.41 Å². The average Bonchev–Trinajstić information content (AvgIpc) is 2.55. The topological polar surface area (TPSA) is 55.4 Å². The molecule has 4 nitrogen and oxygen atoms in total. The van der Waals surface area contributed by atoms with Crippen molar-refractivity contribution in [1.82, 2.24) is 0 Å². The zero-order valence-electron chi connectivity index (χ0n) is 14.3. The van der Waals surface area contributed by atoms with Crippen LogP contribution in [0.15, 0.2) is 48.5 Å². The highest BCUT2D eigenvalue weighted by atomic mass is 16.5. The SMILES string of the molecule is CC(C)(C)c1ccc(CCOC(=O)c2ccccc2NC=O)cc1. The van der Waals surface area contributed by atoms with Gasteiger partial charge in [0.05, 0.1) is 17.9 Å². The molecule has 24 heavy (non-hydrogen) atoms. The molecular formula is C20H23NO3. The molecule has 0 radical (unpaired) electrons. The van der Waals surface area contributed by atoms with Crippen LogP contribution < -0.4 is 5.32 Å². The van der Waals surface area contributed by atoms with Crippen LogP contribution in [0.3, 0.4) is 0 Å². The lowest BCUT2D eigenvalue weighted by Gasteiger charge is -2.19. The Hall–Kier alpha value is -2.62.